The molecular weight excluding hydrogens is 326 g/mol. The van der Waals surface area contributed by atoms with Gasteiger partial charge in [0.2, 0.25) is 5.91 Å². The Morgan fingerprint density at radius 3 is 3.00 bits per heavy atom. The molecule has 1 fully saturated rings. The Balaban J connectivity index is 1.59. The summed E-state index contributed by atoms with van der Waals surface area (Å²) in [5, 5.41) is 13.4. The zero-order valence-corrected chi connectivity index (χ0v) is 14.6. The number of aliphatic hydroxyl groups excluding tert-OH is 1. The van der Waals surface area contributed by atoms with Crippen LogP contribution in [0.15, 0.2) is 29.9 Å². The van der Waals surface area contributed by atoms with Crippen LogP contribution >= 0.6 is 11.3 Å². The number of pyridine rings is 1. The number of nitrogens with zero attached hydrogens (tertiary/aromatic N) is 3. The van der Waals surface area contributed by atoms with Crippen LogP contribution in [0.2, 0.25) is 0 Å². The zero-order valence-electron chi connectivity index (χ0n) is 13.8. The molecule has 1 aliphatic carbocycles. The van der Waals surface area contributed by atoms with Crippen LogP contribution in [0.5, 0.6) is 5.75 Å². The Morgan fingerprint density at radius 2 is 2.33 bits per heavy atom. The maximum Gasteiger partial charge on any atom is 0.228 e. The first-order valence-electron chi connectivity index (χ1n) is 7.96. The Morgan fingerprint density at radius 1 is 1.50 bits per heavy atom. The number of aryl methyl sites for hydroxylation is 1. The summed E-state index contributed by atoms with van der Waals surface area (Å²) in [6.45, 7) is 1.92. The molecule has 0 aromatic carbocycles. The van der Waals surface area contributed by atoms with Crippen LogP contribution in [0.3, 0.4) is 0 Å². The van der Waals surface area contributed by atoms with Gasteiger partial charge < -0.3 is 14.7 Å². The van der Waals surface area contributed by atoms with Crippen LogP contribution in [-0.4, -0.2) is 51.2 Å². The van der Waals surface area contributed by atoms with E-state index >= 15 is 0 Å². The fourth-order valence-electron chi connectivity index (χ4n) is 3.02. The molecule has 0 saturated heterocycles. The number of aromatic nitrogens is 2. The molecule has 0 bridgehead atoms. The molecule has 2 aromatic heterocycles. The van der Waals surface area contributed by atoms with Crippen molar-refractivity contribution in [3.05, 3.63) is 40.6 Å². The van der Waals surface area contributed by atoms with Crippen LogP contribution < -0.4 is 4.74 Å². The van der Waals surface area contributed by atoms with Crippen molar-refractivity contribution in [2.45, 2.75) is 44.4 Å². The third-order valence-electron chi connectivity index (χ3n) is 4.33. The van der Waals surface area contributed by atoms with Gasteiger partial charge in [0, 0.05) is 18.6 Å². The maximum absolute atomic E-state index is 12.4. The average Bonchev–Trinajstić information content (AvgIpc) is 3.14. The number of rotatable bonds is 5. The maximum atomic E-state index is 12.4. The Bertz CT molecular complexity index is 691. The van der Waals surface area contributed by atoms with Gasteiger partial charge in [0.05, 0.1) is 29.4 Å². The summed E-state index contributed by atoms with van der Waals surface area (Å²) in [5.74, 6) is 0.598. The standard InChI is InChI=1S/C17H21N3O3S/c1-11-19-12(10-24-11)8-16(21)20(2)14-5-6-15(17(14)22)23-13-4-3-7-18-9-13/h3-4,7,9-10,14-15,17,22H,5-6,8H2,1-2H3/t14-,15-,17-/m1/s1. The van der Waals surface area contributed by atoms with Crippen molar-refractivity contribution in [3.63, 3.8) is 0 Å². The Labute approximate surface area is 145 Å². The number of carbonyl (C=O) groups is 1. The van der Waals surface area contributed by atoms with Gasteiger partial charge in [-0.25, -0.2) is 4.98 Å². The first kappa shape index (κ1) is 16.9. The van der Waals surface area contributed by atoms with Crippen molar-refractivity contribution in [1.82, 2.24) is 14.9 Å². The summed E-state index contributed by atoms with van der Waals surface area (Å²) in [6, 6.07) is 3.37. The van der Waals surface area contributed by atoms with E-state index < -0.39 is 6.10 Å². The first-order chi connectivity index (χ1) is 11.5. The van der Waals surface area contributed by atoms with Gasteiger partial charge in [0.1, 0.15) is 18.0 Å². The van der Waals surface area contributed by atoms with Gasteiger partial charge in [-0.3, -0.25) is 9.78 Å². The van der Waals surface area contributed by atoms with E-state index in [0.717, 1.165) is 10.7 Å². The summed E-state index contributed by atoms with van der Waals surface area (Å²) in [6.07, 6.45) is 3.94. The second kappa shape index (κ2) is 7.27. The second-order valence-electron chi connectivity index (χ2n) is 6.02. The largest absolute Gasteiger partial charge is 0.486 e. The molecule has 3 atom stereocenters. The number of hydrogen-bond donors (Lipinski definition) is 1. The first-order valence-corrected chi connectivity index (χ1v) is 8.84. The van der Waals surface area contributed by atoms with Gasteiger partial charge in [-0.1, -0.05) is 0 Å². The Hall–Kier alpha value is -1.99. The number of amides is 1. The van der Waals surface area contributed by atoms with Crippen molar-refractivity contribution in [2.75, 3.05) is 7.05 Å². The lowest BCUT2D eigenvalue weighted by molar-refractivity contribution is -0.133. The smallest absolute Gasteiger partial charge is 0.228 e. The highest BCUT2D eigenvalue weighted by Crippen LogP contribution is 2.28. The highest BCUT2D eigenvalue weighted by molar-refractivity contribution is 7.09. The van der Waals surface area contributed by atoms with E-state index in [1.165, 1.54) is 11.3 Å². The number of likely N-dealkylation sites (N-methyl/N-ethyl adjacent to an activating group) is 1. The molecule has 1 amide bonds. The summed E-state index contributed by atoms with van der Waals surface area (Å²) in [7, 11) is 1.74. The van der Waals surface area contributed by atoms with Crippen LogP contribution in [0, 0.1) is 6.92 Å². The Kier molecular flexibility index (Phi) is 5.11. The number of aliphatic hydroxyl groups is 1. The lowest BCUT2D eigenvalue weighted by Gasteiger charge is -2.28. The van der Waals surface area contributed by atoms with E-state index in [-0.39, 0.29) is 24.5 Å². The van der Waals surface area contributed by atoms with E-state index in [9.17, 15) is 9.90 Å². The molecule has 1 aliphatic rings. The summed E-state index contributed by atoms with van der Waals surface area (Å²) in [4.78, 5) is 22.4. The van der Waals surface area contributed by atoms with E-state index in [2.05, 4.69) is 9.97 Å². The molecule has 0 aliphatic heterocycles. The third-order valence-corrected chi connectivity index (χ3v) is 5.16. The number of carbonyl (C=O) groups excluding carboxylic acids is 1. The monoisotopic (exact) mass is 347 g/mol. The quantitative estimate of drug-likeness (QED) is 0.893. The molecule has 2 aromatic rings. The van der Waals surface area contributed by atoms with Crippen molar-refractivity contribution in [2.24, 2.45) is 0 Å². The van der Waals surface area contributed by atoms with Gasteiger partial charge in [-0.2, -0.15) is 0 Å². The average molecular weight is 347 g/mol. The molecule has 6 nitrogen and oxygen atoms in total. The molecule has 7 heteroatoms. The van der Waals surface area contributed by atoms with Gasteiger partial charge in [0.25, 0.3) is 0 Å². The van der Waals surface area contributed by atoms with Crippen LogP contribution in [-0.2, 0) is 11.2 Å². The molecular formula is C17H21N3O3S. The topological polar surface area (TPSA) is 75.6 Å². The molecule has 1 saturated carbocycles. The van der Waals surface area contributed by atoms with Gasteiger partial charge in [-0.15, -0.1) is 11.3 Å². The second-order valence-corrected chi connectivity index (χ2v) is 7.08. The molecule has 24 heavy (non-hydrogen) atoms. The van der Waals surface area contributed by atoms with Gasteiger partial charge >= 0.3 is 0 Å². The van der Waals surface area contributed by atoms with Crippen molar-refractivity contribution < 1.29 is 14.6 Å². The SMILES string of the molecule is Cc1nc(CC(=O)N(C)[C@@H]2CC[C@@H](Oc3cccnc3)[C@@H]2O)cs1. The summed E-state index contributed by atoms with van der Waals surface area (Å²) >= 11 is 1.54. The summed E-state index contributed by atoms with van der Waals surface area (Å²) in [5.41, 5.74) is 0.782. The van der Waals surface area contributed by atoms with E-state index in [4.69, 9.17) is 4.74 Å². The molecule has 0 spiro atoms. The molecule has 0 unspecified atom stereocenters. The summed E-state index contributed by atoms with van der Waals surface area (Å²) < 4.78 is 5.81. The number of hydrogen-bond acceptors (Lipinski definition) is 6. The minimum absolute atomic E-state index is 0.0358. The van der Waals surface area contributed by atoms with Crippen molar-refractivity contribution >= 4 is 17.2 Å². The predicted molar refractivity (Wildman–Crippen MR) is 91.0 cm³/mol. The highest BCUT2D eigenvalue weighted by atomic mass is 32.1. The van der Waals surface area contributed by atoms with Crippen molar-refractivity contribution in [1.29, 1.82) is 0 Å². The lowest BCUT2D eigenvalue weighted by atomic mass is 10.1. The van der Waals surface area contributed by atoms with Crippen LogP contribution in [0.4, 0.5) is 0 Å². The number of ether oxygens (including phenoxy) is 1. The molecule has 0 radical (unpaired) electrons. The fourth-order valence-corrected chi connectivity index (χ4v) is 3.63. The van der Waals surface area contributed by atoms with E-state index in [1.807, 2.05) is 18.4 Å². The normalized spacial score (nSPS) is 23.2. The van der Waals surface area contributed by atoms with Crippen LogP contribution in [0.1, 0.15) is 23.5 Å². The molecule has 2 heterocycles. The minimum atomic E-state index is -0.712. The van der Waals surface area contributed by atoms with Crippen LogP contribution in [0.25, 0.3) is 0 Å². The van der Waals surface area contributed by atoms with Gasteiger partial charge in [0.15, 0.2) is 0 Å². The molecule has 1 N–H and O–H groups in total. The minimum Gasteiger partial charge on any atom is -0.486 e. The lowest BCUT2D eigenvalue weighted by Crippen LogP contribution is -2.46. The number of thiazole rings is 1. The van der Waals surface area contributed by atoms with Crippen molar-refractivity contribution in [3.8, 4) is 5.75 Å². The highest BCUT2D eigenvalue weighted by Gasteiger charge is 2.40. The van der Waals surface area contributed by atoms with Gasteiger partial charge in [-0.05, 0) is 31.9 Å². The predicted octanol–water partition coefficient (Wildman–Crippen LogP) is 1.82. The zero-order chi connectivity index (χ0) is 17.1. The third kappa shape index (κ3) is 3.73. The van der Waals surface area contributed by atoms with E-state index in [0.29, 0.717) is 18.6 Å². The molecule has 3 rings (SSSR count). The van der Waals surface area contributed by atoms with E-state index in [1.54, 1.807) is 30.4 Å². The molecule has 128 valence electrons. The fraction of sp³-hybridized carbons (Fsp3) is 0.471.